The van der Waals surface area contributed by atoms with E-state index in [1.165, 1.54) is 4.90 Å². The van der Waals surface area contributed by atoms with E-state index >= 15 is 0 Å². The zero-order valence-corrected chi connectivity index (χ0v) is 15.5. The van der Waals surface area contributed by atoms with Crippen LogP contribution in [-0.4, -0.2) is 53.3 Å². The van der Waals surface area contributed by atoms with E-state index < -0.39 is 9.84 Å². The number of aromatic nitrogens is 3. The Labute approximate surface area is 146 Å². The molecule has 2 rings (SSSR count). The number of carbonyl (C=O) groups is 1. The number of hydrogen-bond donors (Lipinski definition) is 0. The van der Waals surface area contributed by atoms with E-state index in [4.69, 9.17) is 0 Å². The lowest BCUT2D eigenvalue weighted by atomic mass is 10.3. The zero-order chi connectivity index (χ0) is 17.7. The molecule has 0 spiro atoms. The van der Waals surface area contributed by atoms with Crippen LogP contribution in [0, 0.1) is 0 Å². The molecule has 0 aliphatic heterocycles. The van der Waals surface area contributed by atoms with Gasteiger partial charge in [-0.1, -0.05) is 36.9 Å². The van der Waals surface area contributed by atoms with E-state index in [9.17, 15) is 13.2 Å². The third-order valence-electron chi connectivity index (χ3n) is 3.10. The van der Waals surface area contributed by atoms with E-state index in [2.05, 4.69) is 10.1 Å². The van der Waals surface area contributed by atoms with Gasteiger partial charge in [0, 0.05) is 20.5 Å². The maximum absolute atomic E-state index is 12.4. The highest BCUT2D eigenvalue weighted by molar-refractivity contribution is 8.12. The van der Waals surface area contributed by atoms with Gasteiger partial charge in [-0.25, -0.2) is 18.2 Å². The van der Waals surface area contributed by atoms with Gasteiger partial charge in [0.1, 0.15) is 5.08 Å². The second-order valence-corrected chi connectivity index (χ2v) is 8.64. The smallest absolute Gasteiger partial charge is 0.329 e. The Kier molecular flexibility index (Phi) is 6.00. The average molecular weight is 368 g/mol. The van der Waals surface area contributed by atoms with Crippen LogP contribution < -0.4 is 0 Å². The number of aryl methyl sites for hydroxylation is 1. The van der Waals surface area contributed by atoms with Gasteiger partial charge in [-0.3, -0.25) is 0 Å². The fourth-order valence-corrected chi connectivity index (χ4v) is 4.47. The van der Waals surface area contributed by atoms with Crippen molar-refractivity contribution in [1.82, 2.24) is 19.7 Å². The molecule has 0 bridgehead atoms. The second kappa shape index (κ2) is 7.80. The molecular weight excluding hydrogens is 348 g/mol. The Hall–Kier alpha value is -1.87. The molecule has 1 aromatic heterocycles. The topological polar surface area (TPSA) is 85.2 Å². The normalized spacial score (nSPS) is 11.5. The Morgan fingerprint density at radius 3 is 2.50 bits per heavy atom. The van der Waals surface area contributed by atoms with Crippen LogP contribution in [0.5, 0.6) is 0 Å². The van der Waals surface area contributed by atoms with Crippen molar-refractivity contribution in [1.29, 1.82) is 0 Å². The van der Waals surface area contributed by atoms with Crippen molar-refractivity contribution >= 4 is 27.6 Å². The van der Waals surface area contributed by atoms with E-state index in [1.807, 2.05) is 6.92 Å². The summed E-state index contributed by atoms with van der Waals surface area (Å²) in [5, 5.41) is 4.28. The van der Waals surface area contributed by atoms with Crippen LogP contribution in [0.3, 0.4) is 0 Å². The van der Waals surface area contributed by atoms with Crippen molar-refractivity contribution in [3.05, 3.63) is 36.2 Å². The first-order valence-electron chi connectivity index (χ1n) is 7.43. The van der Waals surface area contributed by atoms with E-state index in [-0.39, 0.29) is 21.2 Å². The third-order valence-corrected chi connectivity index (χ3v) is 6.33. The zero-order valence-electron chi connectivity index (χ0n) is 13.8. The molecule has 9 heteroatoms. The first-order valence-corrected chi connectivity index (χ1v) is 10.1. The number of hydrogen-bond acceptors (Lipinski definition) is 6. The molecule has 0 atom stereocenters. The maximum Gasteiger partial charge on any atom is 0.346 e. The van der Waals surface area contributed by atoms with Gasteiger partial charge < -0.3 is 4.90 Å². The summed E-state index contributed by atoms with van der Waals surface area (Å²) in [5.74, 6) is 0.535. The summed E-state index contributed by atoms with van der Waals surface area (Å²) in [6, 6.07) is 7.85. The van der Waals surface area contributed by atoms with Crippen LogP contribution in [0.15, 0.2) is 40.4 Å². The van der Waals surface area contributed by atoms with Gasteiger partial charge in [0.2, 0.25) is 0 Å². The molecule has 0 aliphatic rings. The van der Waals surface area contributed by atoms with Crippen molar-refractivity contribution in [3.8, 4) is 0 Å². The minimum atomic E-state index is -3.47. The van der Waals surface area contributed by atoms with Gasteiger partial charge in [-0.2, -0.15) is 4.68 Å². The Bertz CT molecular complexity index is 801. The van der Waals surface area contributed by atoms with E-state index in [0.717, 1.165) is 22.9 Å². The molecule has 0 aliphatic carbocycles. The summed E-state index contributed by atoms with van der Waals surface area (Å²) >= 11 is 0.995. The lowest BCUT2D eigenvalue weighted by Crippen LogP contribution is -2.29. The van der Waals surface area contributed by atoms with E-state index in [0.29, 0.717) is 12.2 Å². The number of amides is 1. The molecule has 0 radical (unpaired) electrons. The van der Waals surface area contributed by atoms with Crippen molar-refractivity contribution in [2.45, 2.75) is 29.8 Å². The Balaban J connectivity index is 2.24. The molecule has 24 heavy (non-hydrogen) atoms. The average Bonchev–Trinajstić information content (AvgIpc) is 2.96. The van der Waals surface area contributed by atoms with Gasteiger partial charge in [-0.05, 0) is 18.6 Å². The van der Waals surface area contributed by atoms with Crippen molar-refractivity contribution < 1.29 is 13.2 Å². The maximum atomic E-state index is 12.4. The first kappa shape index (κ1) is 18.5. The lowest BCUT2D eigenvalue weighted by molar-refractivity contribution is 0.213. The summed E-state index contributed by atoms with van der Waals surface area (Å²) in [4.78, 5) is 18.1. The molecule has 0 unspecified atom stereocenters. The van der Waals surface area contributed by atoms with Crippen LogP contribution in [0.2, 0.25) is 0 Å². The van der Waals surface area contributed by atoms with Crippen LogP contribution >= 0.6 is 11.8 Å². The highest BCUT2D eigenvalue weighted by atomic mass is 32.3. The van der Waals surface area contributed by atoms with Crippen molar-refractivity contribution in [2.75, 3.05) is 19.2 Å². The lowest BCUT2D eigenvalue weighted by Gasteiger charge is -2.11. The number of rotatable bonds is 6. The minimum absolute atomic E-state index is 0.206. The van der Waals surface area contributed by atoms with Crippen molar-refractivity contribution in [2.24, 2.45) is 0 Å². The molecule has 0 saturated carbocycles. The molecule has 1 heterocycles. The standard InChI is InChI=1S/C15H20N4O3S2/c1-4-8-13-16-14(19(17-13)15(20)18(2)3)23-11-24(21,22)12-9-6-5-7-10-12/h5-7,9-10H,4,8,11H2,1-3H3. The predicted molar refractivity (Wildman–Crippen MR) is 92.8 cm³/mol. The van der Waals surface area contributed by atoms with Gasteiger partial charge in [0.05, 0.1) is 4.90 Å². The molecule has 0 N–H and O–H groups in total. The fraction of sp³-hybridized carbons (Fsp3) is 0.400. The highest BCUT2D eigenvalue weighted by Crippen LogP contribution is 2.22. The predicted octanol–water partition coefficient (Wildman–Crippen LogP) is 2.28. The minimum Gasteiger partial charge on any atom is -0.329 e. The molecule has 130 valence electrons. The van der Waals surface area contributed by atoms with Gasteiger partial charge >= 0.3 is 6.03 Å². The molecule has 0 saturated heterocycles. The number of sulfone groups is 1. The number of benzene rings is 1. The third kappa shape index (κ3) is 4.35. The number of carbonyl (C=O) groups excluding carboxylic acids is 1. The first-order chi connectivity index (χ1) is 11.3. The summed E-state index contributed by atoms with van der Waals surface area (Å²) < 4.78 is 25.9. The second-order valence-electron chi connectivity index (χ2n) is 5.34. The van der Waals surface area contributed by atoms with Crippen LogP contribution in [-0.2, 0) is 16.3 Å². The molecule has 2 aromatic rings. The quantitative estimate of drug-likeness (QED) is 0.727. The van der Waals surface area contributed by atoms with Crippen LogP contribution in [0.1, 0.15) is 19.2 Å². The van der Waals surface area contributed by atoms with Crippen LogP contribution in [0.4, 0.5) is 4.79 Å². The summed E-state index contributed by atoms with van der Waals surface area (Å²) in [7, 11) is -0.248. The SMILES string of the molecule is CCCc1nc(SCS(=O)(=O)c2ccccc2)n(C(=O)N(C)C)n1. The molecule has 0 fully saturated rings. The molecule has 7 nitrogen and oxygen atoms in total. The number of nitrogens with zero attached hydrogens (tertiary/aromatic N) is 4. The summed E-state index contributed by atoms with van der Waals surface area (Å²) in [6.07, 6.45) is 1.47. The monoisotopic (exact) mass is 368 g/mol. The number of thioether (sulfide) groups is 1. The Morgan fingerprint density at radius 1 is 1.25 bits per heavy atom. The molecule has 1 aromatic carbocycles. The highest BCUT2D eigenvalue weighted by Gasteiger charge is 2.21. The van der Waals surface area contributed by atoms with Gasteiger partial charge in [-0.15, -0.1) is 5.10 Å². The van der Waals surface area contributed by atoms with Crippen molar-refractivity contribution in [3.63, 3.8) is 0 Å². The van der Waals surface area contributed by atoms with E-state index in [1.54, 1.807) is 44.4 Å². The summed E-state index contributed by atoms with van der Waals surface area (Å²) in [5.41, 5.74) is 0. The van der Waals surface area contributed by atoms with Gasteiger partial charge in [0.15, 0.2) is 20.8 Å². The molecular formula is C15H20N4O3S2. The summed E-state index contributed by atoms with van der Waals surface area (Å²) in [6.45, 7) is 1.99. The fourth-order valence-electron chi connectivity index (χ4n) is 1.90. The van der Waals surface area contributed by atoms with Crippen LogP contribution in [0.25, 0.3) is 0 Å². The Morgan fingerprint density at radius 2 is 1.92 bits per heavy atom. The largest absolute Gasteiger partial charge is 0.346 e. The van der Waals surface area contributed by atoms with Gasteiger partial charge in [0.25, 0.3) is 0 Å². The molecule has 1 amide bonds.